The predicted molar refractivity (Wildman–Crippen MR) is 65.3 cm³/mol. The number of ether oxygens (including phenoxy) is 1. The molecule has 18 heavy (non-hydrogen) atoms. The molecule has 0 aliphatic rings. The van der Waals surface area contributed by atoms with Crippen LogP contribution in [0.15, 0.2) is 12.3 Å². The minimum Gasteiger partial charge on any atom is -0.493 e. The van der Waals surface area contributed by atoms with E-state index in [1.54, 1.807) is 0 Å². The number of aromatic nitrogens is 1. The van der Waals surface area contributed by atoms with Crippen LogP contribution in [0, 0.1) is 0 Å². The summed E-state index contributed by atoms with van der Waals surface area (Å²) < 4.78 is 29.4. The van der Waals surface area contributed by atoms with Gasteiger partial charge in [0.1, 0.15) is 0 Å². The zero-order chi connectivity index (χ0) is 13.9. The van der Waals surface area contributed by atoms with Crippen molar-refractivity contribution < 1.29 is 23.1 Å². The van der Waals surface area contributed by atoms with E-state index in [1.165, 1.54) is 26.3 Å². The molecular formula is C10H14N2O5S. The molecule has 0 radical (unpaired) electrons. The van der Waals surface area contributed by atoms with E-state index in [0.717, 1.165) is 6.26 Å². The summed E-state index contributed by atoms with van der Waals surface area (Å²) in [6.07, 6.45) is 2.29. The highest BCUT2D eigenvalue weighted by molar-refractivity contribution is 7.92. The number of rotatable bonds is 5. The molecule has 1 heterocycles. The fourth-order valence-corrected chi connectivity index (χ4v) is 1.75. The fraction of sp³-hybridized carbons (Fsp3) is 0.400. The van der Waals surface area contributed by atoms with Crippen molar-refractivity contribution in [1.29, 1.82) is 0 Å². The van der Waals surface area contributed by atoms with E-state index >= 15 is 0 Å². The van der Waals surface area contributed by atoms with E-state index in [2.05, 4.69) is 9.71 Å². The molecule has 2 N–H and O–H groups in total. The van der Waals surface area contributed by atoms with Gasteiger partial charge in [0.2, 0.25) is 10.0 Å². The number of hydrogen-bond donors (Lipinski definition) is 2. The number of nitrogens with one attached hydrogen (secondary N) is 1. The first kappa shape index (κ1) is 14.2. The molecule has 8 heteroatoms. The van der Waals surface area contributed by atoms with E-state index in [1.807, 2.05) is 0 Å². The Morgan fingerprint density at radius 3 is 2.61 bits per heavy atom. The summed E-state index contributed by atoms with van der Waals surface area (Å²) in [5.41, 5.74) is 0.429. The summed E-state index contributed by atoms with van der Waals surface area (Å²) in [6, 6.07) is 1.44. The van der Waals surface area contributed by atoms with Gasteiger partial charge in [0.05, 0.1) is 19.3 Å². The number of carbonyl (C=O) groups is 1. The van der Waals surface area contributed by atoms with Gasteiger partial charge in [-0.05, 0) is 18.6 Å². The Morgan fingerprint density at radius 1 is 1.56 bits per heavy atom. The van der Waals surface area contributed by atoms with Gasteiger partial charge in [-0.15, -0.1) is 0 Å². The van der Waals surface area contributed by atoms with Gasteiger partial charge in [-0.1, -0.05) is 0 Å². The van der Waals surface area contributed by atoms with Gasteiger partial charge in [0.25, 0.3) is 0 Å². The maximum Gasteiger partial charge on any atom is 0.310 e. The zero-order valence-electron chi connectivity index (χ0n) is 10.2. The highest BCUT2D eigenvalue weighted by atomic mass is 32.2. The average Bonchev–Trinajstić information content (AvgIpc) is 2.26. The monoisotopic (exact) mass is 274 g/mol. The smallest absolute Gasteiger partial charge is 0.310 e. The summed E-state index contributed by atoms with van der Waals surface area (Å²) in [6.45, 7) is 1.50. The number of carboxylic acids is 1. The van der Waals surface area contributed by atoms with Crippen molar-refractivity contribution in [2.24, 2.45) is 0 Å². The molecule has 1 aromatic rings. The molecule has 0 saturated heterocycles. The standard InChI is InChI=1S/C10H14N2O5S/c1-6(10(13)14)7-4-8(17-2)9(11-5-7)12-18(3,15)16/h4-6H,1-3H3,(H,11,12)(H,13,14)/t6-/m1/s1. The molecule has 0 fully saturated rings. The van der Waals surface area contributed by atoms with Gasteiger partial charge in [-0.2, -0.15) is 0 Å². The summed E-state index contributed by atoms with van der Waals surface area (Å²) in [5.74, 6) is -1.55. The minimum absolute atomic E-state index is 0.0290. The van der Waals surface area contributed by atoms with Crippen LogP contribution in [0.4, 0.5) is 5.82 Å². The van der Waals surface area contributed by atoms with Crippen LogP contribution in [0.3, 0.4) is 0 Å². The van der Waals surface area contributed by atoms with E-state index in [9.17, 15) is 13.2 Å². The predicted octanol–water partition coefficient (Wildman–Crippen LogP) is 0.650. The van der Waals surface area contributed by atoms with Crippen molar-refractivity contribution >= 4 is 21.8 Å². The number of anilines is 1. The first-order valence-corrected chi connectivity index (χ1v) is 6.88. The molecular weight excluding hydrogens is 260 g/mol. The van der Waals surface area contributed by atoms with E-state index in [-0.39, 0.29) is 11.6 Å². The Labute approximate surface area is 105 Å². The van der Waals surface area contributed by atoms with Crippen molar-refractivity contribution in [2.45, 2.75) is 12.8 Å². The van der Waals surface area contributed by atoms with Crippen LogP contribution in [0.5, 0.6) is 5.75 Å². The van der Waals surface area contributed by atoms with Gasteiger partial charge in [0.15, 0.2) is 11.6 Å². The summed E-state index contributed by atoms with van der Waals surface area (Å²) in [5, 5.41) is 8.87. The van der Waals surface area contributed by atoms with Crippen molar-refractivity contribution in [1.82, 2.24) is 4.98 Å². The van der Waals surface area contributed by atoms with Gasteiger partial charge in [-0.25, -0.2) is 13.4 Å². The highest BCUT2D eigenvalue weighted by Gasteiger charge is 2.17. The second-order valence-corrected chi connectivity index (χ2v) is 5.50. The third-order valence-electron chi connectivity index (χ3n) is 2.25. The minimum atomic E-state index is -3.47. The van der Waals surface area contributed by atoms with Gasteiger partial charge >= 0.3 is 5.97 Å². The van der Waals surface area contributed by atoms with Gasteiger partial charge in [0, 0.05) is 6.20 Å². The largest absolute Gasteiger partial charge is 0.493 e. The van der Waals surface area contributed by atoms with Crippen LogP contribution in [0.2, 0.25) is 0 Å². The lowest BCUT2D eigenvalue weighted by Gasteiger charge is -2.12. The third-order valence-corrected chi connectivity index (χ3v) is 2.81. The summed E-state index contributed by atoms with van der Waals surface area (Å²) >= 11 is 0. The van der Waals surface area contributed by atoms with E-state index < -0.39 is 21.9 Å². The van der Waals surface area contributed by atoms with Crippen LogP contribution in [-0.2, 0) is 14.8 Å². The van der Waals surface area contributed by atoms with Crippen molar-refractivity contribution in [3.05, 3.63) is 17.8 Å². The van der Waals surface area contributed by atoms with Gasteiger partial charge in [-0.3, -0.25) is 9.52 Å². The molecule has 1 atom stereocenters. The molecule has 0 spiro atoms. The van der Waals surface area contributed by atoms with Crippen LogP contribution in [0.1, 0.15) is 18.4 Å². The molecule has 0 unspecified atom stereocenters. The SMILES string of the molecule is COc1cc([C@@H](C)C(=O)O)cnc1NS(C)(=O)=O. The molecule has 0 aromatic carbocycles. The number of methoxy groups -OCH3 is 1. The summed E-state index contributed by atoms with van der Waals surface area (Å²) in [4.78, 5) is 14.7. The second kappa shape index (κ2) is 5.21. The first-order valence-electron chi connectivity index (χ1n) is 4.99. The Balaban J connectivity index is 3.15. The number of pyridine rings is 1. The molecule has 0 saturated carbocycles. The Hall–Kier alpha value is -1.83. The number of nitrogens with zero attached hydrogens (tertiary/aromatic N) is 1. The molecule has 1 rings (SSSR count). The van der Waals surface area contributed by atoms with Gasteiger partial charge < -0.3 is 9.84 Å². The lowest BCUT2D eigenvalue weighted by atomic mass is 10.0. The van der Waals surface area contributed by atoms with E-state index in [4.69, 9.17) is 9.84 Å². The third kappa shape index (κ3) is 3.59. The maximum absolute atomic E-state index is 11.1. The normalized spacial score (nSPS) is 12.8. The van der Waals surface area contributed by atoms with Crippen LogP contribution >= 0.6 is 0 Å². The molecule has 1 aromatic heterocycles. The van der Waals surface area contributed by atoms with Crippen LogP contribution in [-0.4, -0.2) is 37.8 Å². The Bertz CT molecular complexity index is 555. The topological polar surface area (TPSA) is 106 Å². The number of aliphatic carboxylic acids is 1. The molecule has 0 aliphatic carbocycles. The second-order valence-electron chi connectivity index (χ2n) is 3.75. The lowest BCUT2D eigenvalue weighted by molar-refractivity contribution is -0.138. The van der Waals surface area contributed by atoms with E-state index in [0.29, 0.717) is 5.56 Å². The molecule has 0 aliphatic heterocycles. The Morgan fingerprint density at radius 2 is 2.17 bits per heavy atom. The van der Waals surface area contributed by atoms with Crippen molar-refractivity contribution in [2.75, 3.05) is 18.1 Å². The highest BCUT2D eigenvalue weighted by Crippen LogP contribution is 2.27. The van der Waals surface area contributed by atoms with Crippen LogP contribution in [0.25, 0.3) is 0 Å². The maximum atomic E-state index is 11.1. The molecule has 100 valence electrons. The summed E-state index contributed by atoms with van der Waals surface area (Å²) in [7, 11) is -2.12. The fourth-order valence-electron chi connectivity index (χ4n) is 1.25. The molecule has 0 amide bonds. The lowest BCUT2D eigenvalue weighted by Crippen LogP contribution is -2.13. The van der Waals surface area contributed by atoms with Crippen molar-refractivity contribution in [3.8, 4) is 5.75 Å². The zero-order valence-corrected chi connectivity index (χ0v) is 11.0. The first-order chi connectivity index (χ1) is 8.24. The number of hydrogen-bond acceptors (Lipinski definition) is 5. The average molecular weight is 274 g/mol. The Kier molecular flexibility index (Phi) is 4.12. The molecule has 7 nitrogen and oxygen atoms in total. The van der Waals surface area contributed by atoms with Crippen molar-refractivity contribution in [3.63, 3.8) is 0 Å². The number of sulfonamides is 1. The quantitative estimate of drug-likeness (QED) is 0.816. The number of carboxylic acid groups (broad SMARTS) is 1. The molecule has 0 bridgehead atoms. The van der Waals surface area contributed by atoms with Crippen LogP contribution < -0.4 is 9.46 Å².